The highest BCUT2D eigenvalue weighted by Crippen LogP contribution is 2.15. The average molecular weight is 247 g/mol. The fourth-order valence-corrected chi connectivity index (χ4v) is 2.13. The van der Waals surface area contributed by atoms with Crippen LogP contribution in [0.4, 0.5) is 0 Å². The molecular weight excluding hydrogens is 226 g/mol. The minimum Gasteiger partial charge on any atom is -0.376 e. The van der Waals surface area contributed by atoms with Gasteiger partial charge in [0.1, 0.15) is 0 Å². The lowest BCUT2D eigenvalue weighted by molar-refractivity contribution is 0.0858. The van der Waals surface area contributed by atoms with Gasteiger partial charge in [-0.2, -0.15) is 0 Å². The molecule has 1 aliphatic heterocycles. The number of hydrogen-bond acceptors (Lipinski definition) is 2. The molecule has 1 aromatic carbocycles. The molecule has 2 rings (SSSR count). The quantitative estimate of drug-likeness (QED) is 0.888. The zero-order valence-corrected chi connectivity index (χ0v) is 11.1. The van der Waals surface area contributed by atoms with Crippen LogP contribution in [-0.2, 0) is 4.74 Å². The van der Waals surface area contributed by atoms with Gasteiger partial charge in [-0.05, 0) is 36.5 Å². The molecule has 98 valence electrons. The van der Waals surface area contributed by atoms with E-state index in [1.54, 1.807) is 0 Å². The van der Waals surface area contributed by atoms with Crippen molar-refractivity contribution in [3.05, 3.63) is 35.4 Å². The van der Waals surface area contributed by atoms with Crippen molar-refractivity contribution in [3.8, 4) is 0 Å². The number of rotatable bonds is 4. The summed E-state index contributed by atoms with van der Waals surface area (Å²) in [4.78, 5) is 11.9. The van der Waals surface area contributed by atoms with Crippen molar-refractivity contribution in [2.75, 3.05) is 13.2 Å². The third kappa shape index (κ3) is 3.33. The maximum Gasteiger partial charge on any atom is 0.251 e. The lowest BCUT2D eigenvalue weighted by atomic mass is 10.0. The van der Waals surface area contributed by atoms with Crippen molar-refractivity contribution in [3.63, 3.8) is 0 Å². The van der Waals surface area contributed by atoms with Crippen LogP contribution in [0.5, 0.6) is 0 Å². The number of carbonyl (C=O) groups is 1. The summed E-state index contributed by atoms with van der Waals surface area (Å²) in [5, 5.41) is 2.93. The van der Waals surface area contributed by atoms with Crippen LogP contribution in [0.1, 0.15) is 48.5 Å². The smallest absolute Gasteiger partial charge is 0.251 e. The summed E-state index contributed by atoms with van der Waals surface area (Å²) < 4.78 is 5.48. The van der Waals surface area contributed by atoms with Crippen LogP contribution >= 0.6 is 0 Å². The Kier molecular flexibility index (Phi) is 4.37. The molecule has 18 heavy (non-hydrogen) atoms. The number of ether oxygens (including phenoxy) is 1. The molecule has 0 aromatic heterocycles. The second-order valence-corrected chi connectivity index (χ2v) is 5.12. The number of amides is 1. The second-order valence-electron chi connectivity index (χ2n) is 5.12. The van der Waals surface area contributed by atoms with E-state index < -0.39 is 0 Å². The maximum absolute atomic E-state index is 11.9. The van der Waals surface area contributed by atoms with Crippen LogP contribution < -0.4 is 5.32 Å². The van der Waals surface area contributed by atoms with Gasteiger partial charge in [-0.1, -0.05) is 26.0 Å². The fraction of sp³-hybridized carbons (Fsp3) is 0.533. The Morgan fingerprint density at radius 2 is 2.11 bits per heavy atom. The first-order valence-corrected chi connectivity index (χ1v) is 6.66. The molecule has 3 nitrogen and oxygen atoms in total. The molecule has 1 N–H and O–H groups in total. The van der Waals surface area contributed by atoms with E-state index >= 15 is 0 Å². The van der Waals surface area contributed by atoms with Crippen LogP contribution in [0.3, 0.4) is 0 Å². The van der Waals surface area contributed by atoms with Crippen molar-refractivity contribution in [2.24, 2.45) is 0 Å². The van der Waals surface area contributed by atoms with E-state index in [0.29, 0.717) is 12.5 Å². The molecule has 0 bridgehead atoms. The summed E-state index contributed by atoms with van der Waals surface area (Å²) in [7, 11) is 0. The molecule has 1 atom stereocenters. The molecular formula is C15H21NO2. The van der Waals surface area contributed by atoms with Gasteiger partial charge in [0.2, 0.25) is 0 Å². The predicted molar refractivity (Wildman–Crippen MR) is 71.8 cm³/mol. The largest absolute Gasteiger partial charge is 0.376 e. The molecule has 0 radical (unpaired) electrons. The van der Waals surface area contributed by atoms with Crippen molar-refractivity contribution >= 4 is 5.91 Å². The Bertz CT molecular complexity index is 391. The standard InChI is InChI=1S/C15H21NO2/c1-11(2)12-5-7-13(8-6-12)15(17)16-10-14-4-3-9-18-14/h5-8,11,14H,3-4,9-10H2,1-2H3,(H,16,17)/t14-/m0/s1. The summed E-state index contributed by atoms with van der Waals surface area (Å²) in [6, 6.07) is 7.82. The molecule has 1 aliphatic rings. The minimum atomic E-state index is -0.0131. The third-order valence-electron chi connectivity index (χ3n) is 3.35. The first-order chi connectivity index (χ1) is 8.66. The first kappa shape index (κ1) is 13.1. The van der Waals surface area contributed by atoms with Gasteiger partial charge in [0.25, 0.3) is 5.91 Å². The number of carbonyl (C=O) groups excluding carboxylic acids is 1. The van der Waals surface area contributed by atoms with E-state index in [1.807, 2.05) is 24.3 Å². The van der Waals surface area contributed by atoms with Crippen LogP contribution in [0.2, 0.25) is 0 Å². The fourth-order valence-electron chi connectivity index (χ4n) is 2.13. The zero-order valence-electron chi connectivity index (χ0n) is 11.1. The van der Waals surface area contributed by atoms with E-state index in [9.17, 15) is 4.79 Å². The molecule has 1 fully saturated rings. The molecule has 1 aromatic rings. The van der Waals surface area contributed by atoms with Gasteiger partial charge < -0.3 is 10.1 Å². The molecule has 0 saturated carbocycles. The summed E-state index contributed by atoms with van der Waals surface area (Å²) in [6.45, 7) is 5.73. The van der Waals surface area contributed by atoms with Crippen molar-refractivity contribution < 1.29 is 9.53 Å². The van der Waals surface area contributed by atoms with Crippen molar-refractivity contribution in [1.29, 1.82) is 0 Å². The zero-order chi connectivity index (χ0) is 13.0. The summed E-state index contributed by atoms with van der Waals surface area (Å²) in [5.41, 5.74) is 1.98. The number of hydrogen-bond donors (Lipinski definition) is 1. The molecule has 0 unspecified atom stereocenters. The molecule has 1 amide bonds. The minimum absolute atomic E-state index is 0.0131. The predicted octanol–water partition coefficient (Wildman–Crippen LogP) is 2.72. The summed E-state index contributed by atoms with van der Waals surface area (Å²) >= 11 is 0. The van der Waals surface area contributed by atoms with Crippen molar-refractivity contribution in [1.82, 2.24) is 5.32 Å². The highest BCUT2D eigenvalue weighted by molar-refractivity contribution is 5.94. The normalized spacial score (nSPS) is 19.2. The summed E-state index contributed by atoms with van der Waals surface area (Å²) in [6.07, 6.45) is 2.35. The van der Waals surface area contributed by atoms with Crippen molar-refractivity contribution in [2.45, 2.75) is 38.7 Å². The molecule has 0 spiro atoms. The van der Waals surface area contributed by atoms with Gasteiger partial charge in [0.05, 0.1) is 6.10 Å². The maximum atomic E-state index is 11.9. The Labute approximate surface area is 109 Å². The Hall–Kier alpha value is -1.35. The van der Waals surface area contributed by atoms with E-state index in [2.05, 4.69) is 19.2 Å². The molecule has 1 heterocycles. The van der Waals surface area contributed by atoms with Gasteiger partial charge in [0, 0.05) is 18.7 Å². The highest BCUT2D eigenvalue weighted by atomic mass is 16.5. The average Bonchev–Trinajstić information content (AvgIpc) is 2.89. The molecule has 3 heteroatoms. The monoisotopic (exact) mass is 247 g/mol. The Balaban J connectivity index is 1.87. The second kappa shape index (κ2) is 6.01. The van der Waals surface area contributed by atoms with Gasteiger partial charge in [-0.3, -0.25) is 4.79 Å². The van der Waals surface area contributed by atoms with Gasteiger partial charge in [0.15, 0.2) is 0 Å². The van der Waals surface area contributed by atoms with Gasteiger partial charge >= 0.3 is 0 Å². The summed E-state index contributed by atoms with van der Waals surface area (Å²) in [5.74, 6) is 0.481. The van der Waals surface area contributed by atoms with Crippen LogP contribution in [0, 0.1) is 0 Å². The number of benzene rings is 1. The van der Waals surface area contributed by atoms with Gasteiger partial charge in [-0.25, -0.2) is 0 Å². The van der Waals surface area contributed by atoms with E-state index in [0.717, 1.165) is 25.0 Å². The van der Waals surface area contributed by atoms with E-state index in [1.165, 1.54) is 5.56 Å². The first-order valence-electron chi connectivity index (χ1n) is 6.66. The topological polar surface area (TPSA) is 38.3 Å². The third-order valence-corrected chi connectivity index (χ3v) is 3.35. The van der Waals surface area contributed by atoms with Gasteiger partial charge in [-0.15, -0.1) is 0 Å². The molecule has 0 aliphatic carbocycles. The SMILES string of the molecule is CC(C)c1ccc(C(=O)NC[C@@H]2CCCO2)cc1. The molecule has 1 saturated heterocycles. The number of nitrogens with one attached hydrogen (secondary N) is 1. The van der Waals surface area contributed by atoms with E-state index in [-0.39, 0.29) is 12.0 Å². The lowest BCUT2D eigenvalue weighted by Gasteiger charge is -2.11. The Morgan fingerprint density at radius 3 is 2.67 bits per heavy atom. The highest BCUT2D eigenvalue weighted by Gasteiger charge is 2.16. The Morgan fingerprint density at radius 1 is 1.39 bits per heavy atom. The van der Waals surface area contributed by atoms with E-state index in [4.69, 9.17) is 4.74 Å². The van der Waals surface area contributed by atoms with Crippen LogP contribution in [-0.4, -0.2) is 25.2 Å². The van der Waals surface area contributed by atoms with Crippen LogP contribution in [0.15, 0.2) is 24.3 Å². The lowest BCUT2D eigenvalue weighted by Crippen LogP contribution is -2.31. The van der Waals surface area contributed by atoms with Crippen LogP contribution in [0.25, 0.3) is 0 Å².